The molecule has 0 unspecified atom stereocenters. The van der Waals surface area contributed by atoms with E-state index >= 15 is 0 Å². The minimum Gasteiger partial charge on any atom is -0.497 e. The van der Waals surface area contributed by atoms with Crippen LogP contribution in [0.3, 0.4) is 0 Å². The van der Waals surface area contributed by atoms with E-state index in [1.54, 1.807) is 24.3 Å². The summed E-state index contributed by atoms with van der Waals surface area (Å²) in [5.74, 6) is -1.92. The minimum absolute atomic E-state index is 0.0729. The molecule has 2 aliphatic carbocycles. The van der Waals surface area contributed by atoms with Crippen LogP contribution in [0.25, 0.3) is 0 Å². The number of imide groups is 1. The lowest BCUT2D eigenvalue weighted by atomic mass is 9.81. The number of hydrogen-bond donors (Lipinski definition) is 0. The first-order valence-corrected chi connectivity index (χ1v) is 11.6. The van der Waals surface area contributed by atoms with Crippen LogP contribution in [-0.2, 0) is 19.1 Å². The highest BCUT2D eigenvalue weighted by molar-refractivity contribution is 9.12. The molecule has 160 valence electrons. The highest BCUT2D eigenvalue weighted by Gasteiger charge is 2.67. The lowest BCUT2D eigenvalue weighted by Crippen LogP contribution is -2.45. The predicted molar refractivity (Wildman–Crippen MR) is 114 cm³/mol. The van der Waals surface area contributed by atoms with E-state index in [9.17, 15) is 19.2 Å². The van der Waals surface area contributed by atoms with Crippen molar-refractivity contribution in [2.75, 3.05) is 13.7 Å². The lowest BCUT2D eigenvalue weighted by molar-refractivity contribution is -0.157. The molecule has 7 nitrogen and oxygen atoms in total. The van der Waals surface area contributed by atoms with Gasteiger partial charge in [0.25, 0.3) is 0 Å². The summed E-state index contributed by atoms with van der Waals surface area (Å²) in [5, 5.41) is 0. The molecule has 0 N–H and O–H groups in total. The first-order chi connectivity index (χ1) is 14.3. The SMILES string of the molecule is COc1cccc(C(=O)COC(=O)[C@@H](C)N2C(=O)[C@@H]3[C@@H]4C[C@H]([C@H](Br)[C@@H]4Br)[C@@H]3C2=O)c1. The van der Waals surface area contributed by atoms with Crippen LogP contribution in [0, 0.1) is 23.7 Å². The van der Waals surface area contributed by atoms with Gasteiger partial charge in [0.1, 0.15) is 11.8 Å². The third kappa shape index (κ3) is 3.30. The number of Topliss-reactive ketones (excluding diaryl/α,β-unsaturated/α-hetero) is 1. The number of rotatable bonds is 6. The number of amides is 2. The Morgan fingerprint density at radius 1 is 1.13 bits per heavy atom. The molecule has 1 aliphatic heterocycles. The van der Waals surface area contributed by atoms with Crippen LogP contribution in [0.1, 0.15) is 23.7 Å². The molecule has 2 bridgehead atoms. The number of carbonyl (C=O) groups is 4. The van der Waals surface area contributed by atoms with Crippen molar-refractivity contribution in [1.82, 2.24) is 4.90 Å². The number of nitrogens with zero attached hydrogens (tertiary/aromatic N) is 1. The minimum atomic E-state index is -1.07. The standard InChI is InChI=1S/C21H21Br2NO6/c1-9(21(28)30-8-14(25)10-4-3-5-11(6-10)29-2)24-19(26)15-12-7-13(16(15)20(24)27)18(23)17(12)22/h3-6,9,12-13,15-18H,7-8H2,1-2H3/t9-,12+,13+,15-,16+,17-,18+/m1/s1. The number of likely N-dealkylation sites (tertiary alicyclic amines) is 1. The van der Waals surface area contributed by atoms with Crippen molar-refractivity contribution in [3.63, 3.8) is 0 Å². The molecule has 1 saturated heterocycles. The molecular weight excluding hydrogens is 522 g/mol. The van der Waals surface area contributed by atoms with Gasteiger partial charge in [-0.3, -0.25) is 19.3 Å². The average Bonchev–Trinajstić information content (AvgIpc) is 3.36. The van der Waals surface area contributed by atoms with Gasteiger partial charge in [-0.25, -0.2) is 4.79 Å². The van der Waals surface area contributed by atoms with Crippen LogP contribution >= 0.6 is 31.9 Å². The maximum atomic E-state index is 13.0. The van der Waals surface area contributed by atoms with Crippen molar-refractivity contribution in [2.45, 2.75) is 29.0 Å². The molecule has 1 heterocycles. The molecular formula is C21H21Br2NO6. The van der Waals surface area contributed by atoms with E-state index in [2.05, 4.69) is 31.9 Å². The summed E-state index contributed by atoms with van der Waals surface area (Å²) >= 11 is 7.27. The van der Waals surface area contributed by atoms with E-state index in [1.165, 1.54) is 14.0 Å². The normalized spacial score (nSPS) is 32.9. The van der Waals surface area contributed by atoms with Gasteiger partial charge in [0.2, 0.25) is 11.8 Å². The molecule has 1 aromatic carbocycles. The molecule has 7 atom stereocenters. The molecule has 9 heteroatoms. The number of benzene rings is 1. The largest absolute Gasteiger partial charge is 0.497 e. The Morgan fingerprint density at radius 3 is 2.30 bits per heavy atom. The van der Waals surface area contributed by atoms with Crippen molar-refractivity contribution in [3.8, 4) is 5.75 Å². The summed E-state index contributed by atoms with van der Waals surface area (Å²) in [6.07, 6.45) is 0.820. The lowest BCUT2D eigenvalue weighted by Gasteiger charge is -2.28. The molecule has 0 spiro atoms. The Kier molecular flexibility index (Phi) is 5.78. The number of ether oxygens (including phenoxy) is 2. The first kappa shape index (κ1) is 21.5. The van der Waals surface area contributed by atoms with E-state index in [0.717, 1.165) is 11.3 Å². The third-order valence-corrected chi connectivity index (χ3v) is 9.69. The van der Waals surface area contributed by atoms with Crippen molar-refractivity contribution in [3.05, 3.63) is 29.8 Å². The number of carbonyl (C=O) groups excluding carboxylic acids is 4. The summed E-state index contributed by atoms with van der Waals surface area (Å²) in [6.45, 7) is 0.992. The number of hydrogen-bond acceptors (Lipinski definition) is 6. The Morgan fingerprint density at radius 2 is 1.73 bits per heavy atom. The van der Waals surface area contributed by atoms with Gasteiger partial charge >= 0.3 is 5.97 Å². The topological polar surface area (TPSA) is 90.0 Å². The fourth-order valence-electron chi connectivity index (χ4n) is 5.00. The van der Waals surface area contributed by atoms with Crippen molar-refractivity contribution < 1.29 is 28.7 Å². The van der Waals surface area contributed by atoms with Crippen molar-refractivity contribution in [1.29, 1.82) is 0 Å². The second kappa shape index (κ2) is 8.07. The molecule has 2 saturated carbocycles. The number of halogens is 2. The van der Waals surface area contributed by atoms with Gasteiger partial charge in [0, 0.05) is 15.2 Å². The van der Waals surface area contributed by atoms with E-state index < -0.39 is 36.2 Å². The van der Waals surface area contributed by atoms with Crippen LogP contribution in [0.15, 0.2) is 24.3 Å². The monoisotopic (exact) mass is 541 g/mol. The highest BCUT2D eigenvalue weighted by atomic mass is 79.9. The fourth-order valence-corrected chi connectivity index (χ4v) is 6.87. The molecule has 0 aromatic heterocycles. The van der Waals surface area contributed by atoms with Gasteiger partial charge in [-0.05, 0) is 37.3 Å². The van der Waals surface area contributed by atoms with Gasteiger partial charge < -0.3 is 9.47 Å². The van der Waals surface area contributed by atoms with E-state index in [4.69, 9.17) is 9.47 Å². The molecule has 3 fully saturated rings. The van der Waals surface area contributed by atoms with Crippen LogP contribution in [0.5, 0.6) is 5.75 Å². The molecule has 0 radical (unpaired) electrons. The van der Waals surface area contributed by atoms with Crippen LogP contribution in [0.4, 0.5) is 0 Å². The second-order valence-corrected chi connectivity index (χ2v) is 10.1. The average molecular weight is 543 g/mol. The summed E-state index contributed by atoms with van der Waals surface area (Å²) in [4.78, 5) is 52.2. The first-order valence-electron chi connectivity index (χ1n) is 9.75. The van der Waals surface area contributed by atoms with Gasteiger partial charge in [-0.2, -0.15) is 0 Å². The van der Waals surface area contributed by atoms with Crippen molar-refractivity contribution in [2.24, 2.45) is 23.7 Å². The van der Waals surface area contributed by atoms with Gasteiger partial charge in [0.15, 0.2) is 12.4 Å². The second-order valence-electron chi connectivity index (χ2n) is 7.99. The number of alkyl halides is 2. The number of methoxy groups -OCH3 is 1. The number of fused-ring (bicyclic) bond motifs is 5. The Hall–Kier alpha value is -1.74. The Labute approximate surface area is 190 Å². The predicted octanol–water partition coefficient (Wildman–Crippen LogP) is 2.59. The zero-order valence-electron chi connectivity index (χ0n) is 16.4. The molecule has 3 aliphatic rings. The fraction of sp³-hybridized carbons (Fsp3) is 0.524. The van der Waals surface area contributed by atoms with Crippen LogP contribution in [0.2, 0.25) is 0 Å². The molecule has 2 amide bonds. The summed E-state index contributed by atoms with van der Waals surface area (Å²) in [5.41, 5.74) is 0.348. The highest BCUT2D eigenvalue weighted by Crippen LogP contribution is 2.60. The zero-order chi connectivity index (χ0) is 21.7. The van der Waals surface area contributed by atoms with Gasteiger partial charge in [-0.1, -0.05) is 44.0 Å². The quantitative estimate of drug-likeness (QED) is 0.237. The molecule has 30 heavy (non-hydrogen) atoms. The Bertz CT molecular complexity index is 889. The van der Waals surface area contributed by atoms with E-state index in [1.807, 2.05) is 0 Å². The summed E-state index contributed by atoms with van der Waals surface area (Å²) < 4.78 is 10.2. The number of ketones is 1. The maximum absolute atomic E-state index is 13.0. The van der Waals surface area contributed by atoms with Crippen LogP contribution < -0.4 is 4.74 Å². The zero-order valence-corrected chi connectivity index (χ0v) is 19.6. The van der Waals surface area contributed by atoms with Gasteiger partial charge in [-0.15, -0.1) is 0 Å². The maximum Gasteiger partial charge on any atom is 0.329 e. The Balaban J connectivity index is 1.41. The van der Waals surface area contributed by atoms with Gasteiger partial charge in [0.05, 0.1) is 18.9 Å². The third-order valence-electron chi connectivity index (χ3n) is 6.49. The summed E-state index contributed by atoms with van der Waals surface area (Å²) in [6, 6.07) is 5.45. The molecule has 4 rings (SSSR count). The smallest absolute Gasteiger partial charge is 0.329 e. The van der Waals surface area contributed by atoms with E-state index in [0.29, 0.717) is 11.3 Å². The number of esters is 1. The van der Waals surface area contributed by atoms with Crippen molar-refractivity contribution >= 4 is 55.4 Å². The molecule has 1 aromatic rings. The van der Waals surface area contributed by atoms with Crippen LogP contribution in [-0.4, -0.2) is 57.9 Å². The van der Waals surface area contributed by atoms with E-state index in [-0.39, 0.29) is 33.3 Å². The summed E-state index contributed by atoms with van der Waals surface area (Å²) in [7, 11) is 1.49.